The van der Waals surface area contributed by atoms with E-state index in [9.17, 15) is 9.59 Å². The van der Waals surface area contributed by atoms with Crippen LogP contribution in [0, 0.1) is 0 Å². The summed E-state index contributed by atoms with van der Waals surface area (Å²) in [5.41, 5.74) is 11.8. The Kier molecular flexibility index (Phi) is 7.46. The van der Waals surface area contributed by atoms with E-state index in [-0.39, 0.29) is 29.6 Å². The third-order valence-electron chi connectivity index (χ3n) is 6.80. The maximum Gasteiger partial charge on any atom is 0.343 e. The predicted octanol–water partition coefficient (Wildman–Crippen LogP) is 2.79. The van der Waals surface area contributed by atoms with Crippen molar-refractivity contribution in [2.45, 2.75) is 13.0 Å². The number of nitrogens with zero attached hydrogens (tertiary/aromatic N) is 7. The molecule has 3 heterocycles. The fourth-order valence-electron chi connectivity index (χ4n) is 4.72. The van der Waals surface area contributed by atoms with Gasteiger partial charge in [-0.1, -0.05) is 47.7 Å². The van der Waals surface area contributed by atoms with Crippen LogP contribution in [0.25, 0.3) is 5.82 Å². The van der Waals surface area contributed by atoms with Crippen LogP contribution < -0.4 is 25.5 Å². The third kappa shape index (κ3) is 5.48. The lowest BCUT2D eigenvalue weighted by molar-refractivity contribution is 0.0729. The summed E-state index contributed by atoms with van der Waals surface area (Å²) in [6.45, 7) is 1.01. The van der Waals surface area contributed by atoms with E-state index in [4.69, 9.17) is 19.8 Å². The number of aromatic nitrogens is 5. The number of hydrogen-bond donors (Lipinski definition) is 2. The topological polar surface area (TPSA) is 176 Å². The van der Waals surface area contributed by atoms with Crippen LogP contribution >= 0.6 is 0 Å². The molecule has 3 N–H and O–H groups in total. The first-order valence-corrected chi connectivity index (χ1v) is 13.2. The first-order chi connectivity index (χ1) is 21.0. The Morgan fingerprint density at radius 2 is 1.88 bits per heavy atom. The predicted molar refractivity (Wildman–Crippen MR) is 154 cm³/mol. The van der Waals surface area contributed by atoms with Crippen molar-refractivity contribution in [1.82, 2.24) is 30.7 Å². The Labute approximate surface area is 244 Å². The number of rotatable bonds is 9. The average Bonchev–Trinajstić information content (AvgIpc) is 3.77. The maximum absolute atomic E-state index is 13.4. The fraction of sp³-hybridized carbons (Fsp3) is 0.138. The Balaban J connectivity index is 1.26. The van der Waals surface area contributed by atoms with Gasteiger partial charge in [-0.2, -0.15) is 9.78 Å². The Hall–Kier alpha value is -6.05. The summed E-state index contributed by atoms with van der Waals surface area (Å²) in [4.78, 5) is 28.2. The van der Waals surface area contributed by atoms with E-state index in [1.165, 1.54) is 23.6 Å². The fourth-order valence-corrected chi connectivity index (χ4v) is 4.72. The number of nitrogens with one attached hydrogen (secondary N) is 1. The van der Waals surface area contributed by atoms with E-state index in [1.54, 1.807) is 48.5 Å². The minimum atomic E-state index is -0.634. The highest BCUT2D eigenvalue weighted by Gasteiger charge is 2.28. The van der Waals surface area contributed by atoms with Crippen LogP contribution in [0.15, 0.2) is 82.5 Å². The normalized spacial score (nSPS) is 12.3. The zero-order valence-corrected chi connectivity index (χ0v) is 22.9. The first kappa shape index (κ1) is 27.1. The number of carbonyl (C=O) groups is 2. The van der Waals surface area contributed by atoms with Crippen molar-refractivity contribution in [1.29, 1.82) is 0 Å². The molecule has 6 rings (SSSR count). The number of amides is 1. The van der Waals surface area contributed by atoms with Gasteiger partial charge in [0.05, 0.1) is 31.1 Å². The zero-order chi connectivity index (χ0) is 29.8. The van der Waals surface area contributed by atoms with Crippen LogP contribution in [0.5, 0.6) is 11.5 Å². The number of ether oxygens (including phenoxy) is 2. The van der Waals surface area contributed by atoms with Crippen LogP contribution in [0.3, 0.4) is 0 Å². The minimum Gasteiger partial charge on any atom is -0.493 e. The van der Waals surface area contributed by atoms with E-state index < -0.39 is 11.9 Å². The lowest BCUT2D eigenvalue weighted by Crippen LogP contribution is -2.26. The standard InChI is InChI=1S/C29H25N9O5/c1-41-23-13-7-11-20(25(23)42-29(40)19-9-3-2-4-10-19)16-31-33-28(39)24-22(38(36-32-24)27-26(30)34-43-35-27)17-37-15-14-18-8-5-6-12-21(18)37/h2-13,16H,14-15,17H2,1H3,(H2,30,34)(H,33,39). The Morgan fingerprint density at radius 1 is 1.07 bits per heavy atom. The molecule has 5 aromatic rings. The van der Waals surface area contributed by atoms with Crippen molar-refractivity contribution >= 4 is 29.6 Å². The van der Waals surface area contributed by atoms with Gasteiger partial charge in [0, 0.05) is 17.8 Å². The Morgan fingerprint density at radius 3 is 2.67 bits per heavy atom. The summed E-state index contributed by atoms with van der Waals surface area (Å²) < 4.78 is 17.1. The molecular formula is C29H25N9O5. The second-order valence-electron chi connectivity index (χ2n) is 9.40. The molecule has 0 atom stereocenters. The molecule has 1 aliphatic rings. The molecule has 0 saturated heterocycles. The monoisotopic (exact) mass is 579 g/mol. The van der Waals surface area contributed by atoms with E-state index in [0.29, 0.717) is 22.6 Å². The summed E-state index contributed by atoms with van der Waals surface area (Å²) in [7, 11) is 1.46. The summed E-state index contributed by atoms with van der Waals surface area (Å²) in [5, 5.41) is 19.8. The van der Waals surface area contributed by atoms with Gasteiger partial charge in [0.25, 0.3) is 5.91 Å². The highest BCUT2D eigenvalue weighted by Crippen LogP contribution is 2.32. The molecule has 0 radical (unpaired) electrons. The average molecular weight is 580 g/mol. The van der Waals surface area contributed by atoms with Crippen LogP contribution in [0.4, 0.5) is 11.5 Å². The number of esters is 1. The number of fused-ring (bicyclic) bond motifs is 1. The molecule has 0 spiro atoms. The van der Waals surface area contributed by atoms with Crippen LogP contribution in [-0.4, -0.2) is 57.1 Å². The highest BCUT2D eigenvalue weighted by molar-refractivity contribution is 5.96. The van der Waals surface area contributed by atoms with Crippen LogP contribution in [0.1, 0.15) is 37.7 Å². The lowest BCUT2D eigenvalue weighted by atomic mass is 10.2. The van der Waals surface area contributed by atoms with Gasteiger partial charge >= 0.3 is 5.97 Å². The lowest BCUT2D eigenvalue weighted by Gasteiger charge is -2.19. The number of para-hydroxylation sites is 2. The number of carbonyl (C=O) groups excluding carboxylic acids is 2. The van der Waals surface area contributed by atoms with Crippen molar-refractivity contribution in [3.63, 3.8) is 0 Å². The van der Waals surface area contributed by atoms with E-state index >= 15 is 0 Å². The molecule has 0 unspecified atom stereocenters. The van der Waals surface area contributed by atoms with Gasteiger partial charge in [-0.05, 0) is 52.6 Å². The van der Waals surface area contributed by atoms with Gasteiger partial charge in [0.1, 0.15) is 0 Å². The van der Waals surface area contributed by atoms with Crippen molar-refractivity contribution < 1.29 is 23.7 Å². The van der Waals surface area contributed by atoms with Crippen molar-refractivity contribution in [2.75, 3.05) is 24.3 Å². The smallest absolute Gasteiger partial charge is 0.343 e. The first-order valence-electron chi connectivity index (χ1n) is 13.2. The molecule has 0 saturated carbocycles. The van der Waals surface area contributed by atoms with Gasteiger partial charge in [-0.3, -0.25) is 4.79 Å². The molecule has 0 fully saturated rings. The molecule has 216 valence electrons. The van der Waals surface area contributed by atoms with Gasteiger partial charge in [-0.25, -0.2) is 14.8 Å². The summed E-state index contributed by atoms with van der Waals surface area (Å²) in [6.07, 6.45) is 2.20. The molecule has 3 aromatic carbocycles. The molecular weight excluding hydrogens is 554 g/mol. The molecule has 1 amide bonds. The number of hydrazone groups is 1. The third-order valence-corrected chi connectivity index (χ3v) is 6.80. The van der Waals surface area contributed by atoms with Gasteiger partial charge in [-0.15, -0.1) is 5.10 Å². The summed E-state index contributed by atoms with van der Waals surface area (Å²) in [6, 6.07) is 21.6. The van der Waals surface area contributed by atoms with E-state index in [1.807, 2.05) is 18.2 Å². The molecule has 14 heteroatoms. The SMILES string of the molecule is COc1cccc(C=NNC(=O)c2nnn(-c3nonc3N)c2CN2CCc3ccccc32)c1OC(=O)c1ccccc1. The van der Waals surface area contributed by atoms with E-state index in [0.717, 1.165) is 18.7 Å². The van der Waals surface area contributed by atoms with E-state index in [2.05, 4.69) is 42.1 Å². The molecule has 2 aromatic heterocycles. The quantitative estimate of drug-likeness (QED) is 0.114. The molecule has 0 aliphatic carbocycles. The number of hydrogen-bond acceptors (Lipinski definition) is 12. The van der Waals surface area contributed by atoms with Crippen molar-refractivity contribution in [3.8, 4) is 17.3 Å². The van der Waals surface area contributed by atoms with Gasteiger partial charge in [0.2, 0.25) is 11.6 Å². The maximum atomic E-state index is 13.4. The second-order valence-corrected chi connectivity index (χ2v) is 9.40. The molecule has 43 heavy (non-hydrogen) atoms. The minimum absolute atomic E-state index is 0.00491. The summed E-state index contributed by atoms with van der Waals surface area (Å²) >= 11 is 0. The molecule has 14 nitrogen and oxygen atoms in total. The molecule has 0 bridgehead atoms. The number of nitrogen functional groups attached to an aromatic ring is 1. The zero-order valence-electron chi connectivity index (χ0n) is 22.9. The van der Waals surface area contributed by atoms with Gasteiger partial charge < -0.3 is 20.1 Å². The van der Waals surface area contributed by atoms with Gasteiger partial charge in [0.15, 0.2) is 17.2 Å². The highest BCUT2D eigenvalue weighted by atomic mass is 16.6. The second kappa shape index (κ2) is 11.8. The number of nitrogens with two attached hydrogens (primary N) is 1. The number of benzene rings is 3. The summed E-state index contributed by atoms with van der Waals surface area (Å²) in [5.74, 6) is -0.645. The number of anilines is 2. The van der Waals surface area contributed by atoms with Crippen LogP contribution in [-0.2, 0) is 13.0 Å². The molecule has 1 aliphatic heterocycles. The van der Waals surface area contributed by atoms with Crippen molar-refractivity contribution in [3.05, 3.63) is 101 Å². The Bertz CT molecular complexity index is 1820. The van der Waals surface area contributed by atoms with Crippen LogP contribution in [0.2, 0.25) is 0 Å². The number of methoxy groups -OCH3 is 1. The van der Waals surface area contributed by atoms with Crippen molar-refractivity contribution in [2.24, 2.45) is 5.10 Å². The largest absolute Gasteiger partial charge is 0.493 e.